The third-order valence-corrected chi connectivity index (χ3v) is 3.04. The number of para-hydroxylation sites is 1. The Morgan fingerprint density at radius 3 is 2.50 bits per heavy atom. The molecule has 0 unspecified atom stereocenters. The molecule has 5 heteroatoms. The largest absolute Gasteiger partial charge is 0.221 e. The van der Waals surface area contributed by atoms with Crippen LogP contribution in [-0.4, -0.2) is 19.7 Å². The lowest BCUT2D eigenvalue weighted by atomic mass is 10.3. The van der Waals surface area contributed by atoms with Crippen LogP contribution in [0.1, 0.15) is 11.5 Å². The predicted octanol–water partition coefficient (Wildman–Crippen LogP) is 3.09. The van der Waals surface area contributed by atoms with Crippen molar-refractivity contribution in [1.29, 1.82) is 0 Å². The maximum Gasteiger partial charge on any atom is 0.168 e. The van der Waals surface area contributed by atoms with E-state index >= 15 is 0 Å². The minimum absolute atomic E-state index is 0.456. The van der Waals surface area contributed by atoms with E-state index in [1.54, 1.807) is 4.68 Å². The maximum absolute atomic E-state index is 6.16. The van der Waals surface area contributed by atoms with Gasteiger partial charge in [-0.1, -0.05) is 29.8 Å². The molecule has 0 N–H and O–H groups in total. The highest BCUT2D eigenvalue weighted by Crippen LogP contribution is 2.25. The lowest BCUT2D eigenvalue weighted by molar-refractivity contribution is 0.872. The van der Waals surface area contributed by atoms with Crippen LogP contribution in [-0.2, 0) is 0 Å². The number of aromatic nitrogens is 4. The lowest BCUT2D eigenvalue weighted by Gasteiger charge is -2.02. The Balaban J connectivity index is 2.38. The number of fused-ring (bicyclic) bond motifs is 1. The number of hydrogen-bond donors (Lipinski definition) is 0. The molecule has 0 aliphatic carbocycles. The van der Waals surface area contributed by atoms with Crippen molar-refractivity contribution in [3.63, 3.8) is 0 Å². The molecule has 1 aromatic carbocycles. The molecule has 0 saturated heterocycles. The van der Waals surface area contributed by atoms with Gasteiger partial charge in [0.1, 0.15) is 11.0 Å². The summed E-state index contributed by atoms with van der Waals surface area (Å²) < 4.78 is 1.80. The van der Waals surface area contributed by atoms with Gasteiger partial charge in [0.2, 0.25) is 0 Å². The highest BCUT2D eigenvalue weighted by Gasteiger charge is 2.14. The number of hydrogen-bond acceptors (Lipinski definition) is 3. The first-order chi connectivity index (χ1) is 8.66. The molecule has 0 fully saturated rings. The molecule has 4 nitrogen and oxygen atoms in total. The molecule has 0 radical (unpaired) electrons. The van der Waals surface area contributed by atoms with Crippen LogP contribution in [0.3, 0.4) is 0 Å². The second-order valence-electron chi connectivity index (χ2n) is 4.09. The Kier molecular flexibility index (Phi) is 2.52. The average Bonchev–Trinajstić information content (AvgIpc) is 2.67. The van der Waals surface area contributed by atoms with Crippen LogP contribution in [0, 0.1) is 13.8 Å². The average molecular weight is 259 g/mol. The molecular weight excluding hydrogens is 248 g/mol. The van der Waals surface area contributed by atoms with Crippen molar-refractivity contribution in [2.75, 3.05) is 0 Å². The van der Waals surface area contributed by atoms with Crippen molar-refractivity contribution in [2.45, 2.75) is 13.8 Å². The zero-order chi connectivity index (χ0) is 12.7. The van der Waals surface area contributed by atoms with Crippen molar-refractivity contribution >= 4 is 22.6 Å². The van der Waals surface area contributed by atoms with Gasteiger partial charge in [0, 0.05) is 0 Å². The lowest BCUT2D eigenvalue weighted by Crippen LogP contribution is -1.99. The van der Waals surface area contributed by atoms with Crippen molar-refractivity contribution in [2.24, 2.45) is 0 Å². The maximum atomic E-state index is 6.16. The summed E-state index contributed by atoms with van der Waals surface area (Å²) in [6, 6.07) is 9.87. The van der Waals surface area contributed by atoms with E-state index in [-0.39, 0.29) is 0 Å². The van der Waals surface area contributed by atoms with Crippen molar-refractivity contribution in [3.05, 3.63) is 47.0 Å². The number of aryl methyl sites for hydroxylation is 2. The summed E-state index contributed by atoms with van der Waals surface area (Å²) in [7, 11) is 0. The van der Waals surface area contributed by atoms with E-state index in [9.17, 15) is 0 Å². The zero-order valence-electron chi connectivity index (χ0n) is 10.1. The second kappa shape index (κ2) is 4.07. The summed E-state index contributed by atoms with van der Waals surface area (Å²) in [6.45, 7) is 3.73. The third-order valence-electron chi connectivity index (χ3n) is 2.77. The summed E-state index contributed by atoms with van der Waals surface area (Å²) in [5.41, 5.74) is 2.54. The van der Waals surface area contributed by atoms with Gasteiger partial charge in [-0.15, -0.1) is 0 Å². The third kappa shape index (κ3) is 1.66. The fourth-order valence-corrected chi connectivity index (χ4v) is 2.33. The smallest absolute Gasteiger partial charge is 0.168 e. The van der Waals surface area contributed by atoms with Gasteiger partial charge in [-0.25, -0.2) is 14.6 Å². The van der Waals surface area contributed by atoms with E-state index in [1.807, 2.05) is 44.2 Å². The zero-order valence-corrected chi connectivity index (χ0v) is 10.8. The highest BCUT2D eigenvalue weighted by molar-refractivity contribution is 6.34. The fourth-order valence-electron chi connectivity index (χ4n) is 1.99. The molecule has 2 aromatic heterocycles. The molecule has 90 valence electrons. The molecular formula is C13H11ClN4. The first-order valence-electron chi connectivity index (χ1n) is 5.61. The van der Waals surface area contributed by atoms with E-state index in [1.165, 1.54) is 0 Å². The van der Waals surface area contributed by atoms with Gasteiger partial charge in [-0.3, -0.25) is 0 Å². The van der Waals surface area contributed by atoms with Crippen LogP contribution in [0.5, 0.6) is 0 Å². The minimum Gasteiger partial charge on any atom is -0.221 e. The normalized spacial score (nSPS) is 11.1. The quantitative estimate of drug-likeness (QED) is 0.630. The van der Waals surface area contributed by atoms with Gasteiger partial charge < -0.3 is 0 Å². The van der Waals surface area contributed by atoms with Crippen LogP contribution in [0.15, 0.2) is 30.3 Å². The van der Waals surface area contributed by atoms with Crippen molar-refractivity contribution in [3.8, 4) is 5.69 Å². The molecule has 0 aliphatic rings. The highest BCUT2D eigenvalue weighted by atomic mass is 35.5. The van der Waals surface area contributed by atoms with Crippen molar-refractivity contribution < 1.29 is 0 Å². The van der Waals surface area contributed by atoms with Crippen LogP contribution in [0.2, 0.25) is 5.15 Å². The van der Waals surface area contributed by atoms with E-state index in [0.29, 0.717) is 11.0 Å². The molecule has 18 heavy (non-hydrogen) atoms. The topological polar surface area (TPSA) is 43.6 Å². The summed E-state index contributed by atoms with van der Waals surface area (Å²) in [5, 5.41) is 5.76. The van der Waals surface area contributed by atoms with Crippen LogP contribution >= 0.6 is 11.6 Å². The molecule has 3 rings (SSSR count). The number of benzene rings is 1. The van der Waals surface area contributed by atoms with E-state index < -0.39 is 0 Å². The van der Waals surface area contributed by atoms with Crippen LogP contribution in [0.4, 0.5) is 0 Å². The molecule has 3 aromatic rings. The predicted molar refractivity (Wildman–Crippen MR) is 71.1 cm³/mol. The number of nitrogens with zero attached hydrogens (tertiary/aromatic N) is 4. The molecule has 0 atom stereocenters. The first kappa shape index (κ1) is 11.2. The van der Waals surface area contributed by atoms with E-state index in [4.69, 9.17) is 11.6 Å². The number of halogens is 1. The van der Waals surface area contributed by atoms with Gasteiger partial charge in [0.05, 0.1) is 16.8 Å². The molecule has 0 aliphatic heterocycles. The van der Waals surface area contributed by atoms with Crippen LogP contribution in [0.25, 0.3) is 16.7 Å². The Bertz CT molecular complexity index is 719. The SMILES string of the molecule is Cc1nc(Cl)c2c(C)nn(-c3ccccc3)c2n1. The minimum atomic E-state index is 0.456. The molecule has 0 spiro atoms. The van der Waals surface area contributed by atoms with Gasteiger partial charge in [-0.05, 0) is 26.0 Å². The van der Waals surface area contributed by atoms with Gasteiger partial charge in [0.15, 0.2) is 5.65 Å². The molecule has 2 heterocycles. The van der Waals surface area contributed by atoms with Crippen LogP contribution < -0.4 is 0 Å². The molecule has 0 amide bonds. The van der Waals surface area contributed by atoms with Crippen molar-refractivity contribution in [1.82, 2.24) is 19.7 Å². The molecule has 0 saturated carbocycles. The first-order valence-corrected chi connectivity index (χ1v) is 5.99. The van der Waals surface area contributed by atoms with Gasteiger partial charge >= 0.3 is 0 Å². The van der Waals surface area contributed by atoms with Gasteiger partial charge in [-0.2, -0.15) is 5.10 Å². The Morgan fingerprint density at radius 2 is 1.78 bits per heavy atom. The second-order valence-corrected chi connectivity index (χ2v) is 4.45. The summed E-state index contributed by atoms with van der Waals surface area (Å²) in [4.78, 5) is 8.61. The summed E-state index contributed by atoms with van der Waals surface area (Å²) in [5.74, 6) is 0.643. The Labute approximate surface area is 109 Å². The van der Waals surface area contributed by atoms with E-state index in [0.717, 1.165) is 22.4 Å². The molecule has 0 bridgehead atoms. The van der Waals surface area contributed by atoms with E-state index in [2.05, 4.69) is 15.1 Å². The summed E-state index contributed by atoms with van der Waals surface area (Å²) >= 11 is 6.16. The monoisotopic (exact) mass is 258 g/mol. The number of rotatable bonds is 1. The summed E-state index contributed by atoms with van der Waals surface area (Å²) in [6.07, 6.45) is 0. The fraction of sp³-hybridized carbons (Fsp3) is 0.154. The standard InChI is InChI=1S/C13H11ClN4/c1-8-11-12(14)15-9(2)16-13(11)18(17-8)10-6-4-3-5-7-10/h3-7H,1-2H3. The Hall–Kier alpha value is -1.94. The Morgan fingerprint density at radius 1 is 1.06 bits per heavy atom. The van der Waals surface area contributed by atoms with Gasteiger partial charge in [0.25, 0.3) is 0 Å².